The van der Waals surface area contributed by atoms with E-state index < -0.39 is 0 Å². The molecule has 0 radical (unpaired) electrons. The lowest BCUT2D eigenvalue weighted by Gasteiger charge is -2.30. The van der Waals surface area contributed by atoms with Gasteiger partial charge in [-0.3, -0.25) is 0 Å². The highest BCUT2D eigenvalue weighted by atomic mass is 79.9. The van der Waals surface area contributed by atoms with Crippen LogP contribution in [0.1, 0.15) is 11.1 Å². The number of aromatic nitrogens is 2. The van der Waals surface area contributed by atoms with E-state index in [9.17, 15) is 0 Å². The van der Waals surface area contributed by atoms with Gasteiger partial charge >= 0.3 is 0 Å². The second-order valence-corrected chi connectivity index (χ2v) is 5.39. The first kappa shape index (κ1) is 11.9. The Labute approximate surface area is 119 Å². The Morgan fingerprint density at radius 1 is 1.17 bits per heavy atom. The normalized spacial score (nSPS) is 14.4. The Morgan fingerprint density at radius 2 is 1.94 bits per heavy atom. The fraction of sp³-hybridized carbons (Fsp3) is 0.231. The van der Waals surface area contributed by atoms with E-state index >= 15 is 0 Å². The first-order valence-corrected chi connectivity index (χ1v) is 6.90. The molecule has 2 aromatic rings. The van der Waals surface area contributed by atoms with Gasteiger partial charge in [0.1, 0.15) is 17.3 Å². The van der Waals surface area contributed by atoms with Gasteiger partial charge in [0, 0.05) is 13.1 Å². The van der Waals surface area contributed by atoms with Crippen LogP contribution in [0, 0.1) is 0 Å². The monoisotopic (exact) mass is 323 g/mol. The maximum absolute atomic E-state index is 6.01. The molecular weight excluding hydrogens is 314 g/mol. The maximum atomic E-state index is 6.01. The van der Waals surface area contributed by atoms with Crippen LogP contribution < -0.4 is 4.90 Å². The van der Waals surface area contributed by atoms with Crippen LogP contribution in [0.5, 0.6) is 0 Å². The van der Waals surface area contributed by atoms with Crippen molar-refractivity contribution in [2.45, 2.75) is 13.0 Å². The van der Waals surface area contributed by atoms with E-state index in [-0.39, 0.29) is 0 Å². The molecule has 5 heteroatoms. The molecule has 92 valence electrons. The van der Waals surface area contributed by atoms with Crippen molar-refractivity contribution in [2.24, 2.45) is 0 Å². The highest BCUT2D eigenvalue weighted by Gasteiger charge is 2.20. The molecular formula is C13H11BrClN3. The Balaban J connectivity index is 1.94. The van der Waals surface area contributed by atoms with E-state index in [1.54, 1.807) is 0 Å². The van der Waals surface area contributed by atoms with Gasteiger partial charge in [-0.1, -0.05) is 35.9 Å². The summed E-state index contributed by atoms with van der Waals surface area (Å²) in [5, 5.41) is 0.457. The molecule has 1 aliphatic rings. The number of hydrogen-bond donors (Lipinski definition) is 0. The van der Waals surface area contributed by atoms with Crippen molar-refractivity contribution in [1.29, 1.82) is 0 Å². The third-order valence-corrected chi connectivity index (χ3v) is 4.40. The molecule has 3 rings (SSSR count). The molecule has 0 N–H and O–H groups in total. The van der Waals surface area contributed by atoms with Gasteiger partial charge in [0.05, 0.1) is 4.47 Å². The number of hydrogen-bond acceptors (Lipinski definition) is 3. The predicted molar refractivity (Wildman–Crippen MR) is 75.9 cm³/mol. The van der Waals surface area contributed by atoms with Gasteiger partial charge in [0.15, 0.2) is 0 Å². The molecule has 0 unspecified atom stereocenters. The van der Waals surface area contributed by atoms with Crippen molar-refractivity contribution >= 4 is 33.3 Å². The molecule has 1 aromatic carbocycles. The van der Waals surface area contributed by atoms with Crippen molar-refractivity contribution < 1.29 is 0 Å². The zero-order chi connectivity index (χ0) is 12.5. The third-order valence-electron chi connectivity index (χ3n) is 3.16. The number of fused-ring (bicyclic) bond motifs is 1. The summed E-state index contributed by atoms with van der Waals surface area (Å²) < 4.78 is 0.769. The molecule has 1 aliphatic heterocycles. The summed E-state index contributed by atoms with van der Waals surface area (Å²) in [6.45, 7) is 1.81. The summed E-state index contributed by atoms with van der Waals surface area (Å²) in [4.78, 5) is 10.5. The molecule has 0 bridgehead atoms. The van der Waals surface area contributed by atoms with Gasteiger partial charge in [0.2, 0.25) is 0 Å². The van der Waals surface area contributed by atoms with E-state index in [2.05, 4.69) is 55.1 Å². The van der Waals surface area contributed by atoms with Crippen LogP contribution in [0.4, 0.5) is 5.82 Å². The van der Waals surface area contributed by atoms with Crippen LogP contribution in [0.2, 0.25) is 5.15 Å². The minimum Gasteiger partial charge on any atom is -0.351 e. The Morgan fingerprint density at radius 3 is 2.78 bits per heavy atom. The lowest BCUT2D eigenvalue weighted by atomic mass is 10.00. The Hall–Kier alpha value is -1.13. The van der Waals surface area contributed by atoms with Gasteiger partial charge in [-0.25, -0.2) is 9.97 Å². The van der Waals surface area contributed by atoms with Crippen LogP contribution in [0.25, 0.3) is 0 Å². The Bertz CT molecular complexity index is 588. The molecule has 0 atom stereocenters. The number of benzene rings is 1. The van der Waals surface area contributed by atoms with Crippen molar-refractivity contribution in [3.8, 4) is 0 Å². The SMILES string of the molecule is Clc1ncnc(N2CCc3ccccc3C2)c1Br. The van der Waals surface area contributed by atoms with Gasteiger partial charge in [-0.15, -0.1) is 0 Å². The summed E-state index contributed by atoms with van der Waals surface area (Å²) in [7, 11) is 0. The van der Waals surface area contributed by atoms with Crippen LogP contribution in [-0.4, -0.2) is 16.5 Å². The predicted octanol–water partition coefficient (Wildman–Crippen LogP) is 3.46. The van der Waals surface area contributed by atoms with E-state index in [1.807, 2.05) is 0 Å². The first-order valence-electron chi connectivity index (χ1n) is 5.73. The molecule has 18 heavy (non-hydrogen) atoms. The fourth-order valence-electron chi connectivity index (χ4n) is 2.24. The van der Waals surface area contributed by atoms with Gasteiger partial charge in [-0.2, -0.15) is 0 Å². The largest absolute Gasteiger partial charge is 0.351 e. The zero-order valence-electron chi connectivity index (χ0n) is 9.61. The molecule has 2 heterocycles. The molecule has 0 saturated heterocycles. The smallest absolute Gasteiger partial charge is 0.148 e. The molecule has 0 saturated carbocycles. The summed E-state index contributed by atoms with van der Waals surface area (Å²) in [6.07, 6.45) is 2.53. The molecule has 0 fully saturated rings. The summed E-state index contributed by atoms with van der Waals surface area (Å²) in [5.41, 5.74) is 2.77. The highest BCUT2D eigenvalue weighted by Crippen LogP contribution is 2.32. The second-order valence-electron chi connectivity index (χ2n) is 4.24. The maximum Gasteiger partial charge on any atom is 0.148 e. The molecule has 0 spiro atoms. The lowest BCUT2D eigenvalue weighted by molar-refractivity contribution is 0.717. The molecule has 0 aliphatic carbocycles. The van der Waals surface area contributed by atoms with Crippen molar-refractivity contribution in [3.63, 3.8) is 0 Å². The van der Waals surface area contributed by atoms with Gasteiger partial charge in [-0.05, 0) is 33.5 Å². The highest BCUT2D eigenvalue weighted by molar-refractivity contribution is 9.10. The number of rotatable bonds is 1. The van der Waals surface area contributed by atoms with Crippen LogP contribution in [0.15, 0.2) is 35.1 Å². The van der Waals surface area contributed by atoms with Crippen molar-refractivity contribution in [3.05, 3.63) is 51.3 Å². The topological polar surface area (TPSA) is 29.0 Å². The average Bonchev–Trinajstić information content (AvgIpc) is 2.41. The number of nitrogens with zero attached hydrogens (tertiary/aromatic N) is 3. The van der Waals surface area contributed by atoms with Crippen molar-refractivity contribution in [1.82, 2.24) is 9.97 Å². The van der Waals surface area contributed by atoms with E-state index in [4.69, 9.17) is 11.6 Å². The number of halogens is 2. The van der Waals surface area contributed by atoms with Crippen LogP contribution in [0.3, 0.4) is 0 Å². The van der Waals surface area contributed by atoms with Gasteiger partial charge < -0.3 is 4.90 Å². The summed E-state index contributed by atoms with van der Waals surface area (Å²) >= 11 is 9.47. The quantitative estimate of drug-likeness (QED) is 0.752. The summed E-state index contributed by atoms with van der Waals surface area (Å²) in [5.74, 6) is 0.865. The van der Waals surface area contributed by atoms with Crippen LogP contribution in [-0.2, 0) is 13.0 Å². The fourth-order valence-corrected chi connectivity index (χ4v) is 2.82. The van der Waals surface area contributed by atoms with Crippen LogP contribution >= 0.6 is 27.5 Å². The van der Waals surface area contributed by atoms with E-state index in [1.165, 1.54) is 17.5 Å². The van der Waals surface area contributed by atoms with E-state index in [0.29, 0.717) is 5.15 Å². The average molecular weight is 325 g/mol. The van der Waals surface area contributed by atoms with Gasteiger partial charge in [0.25, 0.3) is 0 Å². The summed E-state index contributed by atoms with van der Waals surface area (Å²) in [6, 6.07) is 8.52. The Kier molecular flexibility index (Phi) is 3.22. The molecule has 0 amide bonds. The minimum atomic E-state index is 0.457. The van der Waals surface area contributed by atoms with Crippen molar-refractivity contribution in [2.75, 3.05) is 11.4 Å². The first-order chi connectivity index (χ1) is 8.75. The standard InChI is InChI=1S/C13H11BrClN3/c14-11-12(15)16-8-17-13(11)18-6-5-9-3-1-2-4-10(9)7-18/h1-4,8H,5-7H2. The second kappa shape index (κ2) is 4.86. The molecule has 3 nitrogen and oxygen atoms in total. The minimum absolute atomic E-state index is 0.457. The lowest BCUT2D eigenvalue weighted by Crippen LogP contribution is -2.31. The zero-order valence-corrected chi connectivity index (χ0v) is 11.9. The molecule has 1 aromatic heterocycles. The third kappa shape index (κ3) is 2.10. The number of anilines is 1. The van der Waals surface area contributed by atoms with E-state index in [0.717, 1.165) is 29.8 Å².